The minimum Gasteiger partial charge on any atom is -0.497 e. The molecule has 1 unspecified atom stereocenters. The number of anilines is 1. The molecule has 168 valence electrons. The molecule has 3 aromatic carbocycles. The topological polar surface area (TPSA) is 75.7 Å². The predicted molar refractivity (Wildman–Crippen MR) is 122 cm³/mol. The molecule has 0 aliphatic heterocycles. The molecular formula is C24H25FN2O4S. The Morgan fingerprint density at radius 3 is 2.34 bits per heavy atom. The van der Waals surface area contributed by atoms with Gasteiger partial charge in [-0.1, -0.05) is 35.9 Å². The van der Waals surface area contributed by atoms with Gasteiger partial charge >= 0.3 is 0 Å². The van der Waals surface area contributed by atoms with Crippen molar-refractivity contribution in [1.29, 1.82) is 0 Å². The summed E-state index contributed by atoms with van der Waals surface area (Å²) in [4.78, 5) is 12.9. The van der Waals surface area contributed by atoms with Crippen LogP contribution in [0.5, 0.6) is 5.75 Å². The molecule has 32 heavy (non-hydrogen) atoms. The number of methoxy groups -OCH3 is 1. The normalized spacial score (nSPS) is 12.1. The minimum atomic E-state index is -4.03. The van der Waals surface area contributed by atoms with Crippen molar-refractivity contribution in [3.8, 4) is 5.75 Å². The molecule has 0 aliphatic carbocycles. The molecule has 1 amide bonds. The Balaban J connectivity index is 1.90. The van der Waals surface area contributed by atoms with E-state index in [0.29, 0.717) is 17.0 Å². The zero-order chi connectivity index (χ0) is 23.3. The number of carbonyl (C=O) groups excluding carboxylic acids is 1. The molecule has 6 nitrogen and oxygen atoms in total. The fourth-order valence-electron chi connectivity index (χ4n) is 3.17. The molecule has 0 saturated heterocycles. The Bertz CT molecular complexity index is 1180. The SMILES string of the molecule is COc1cccc(N(CC(=O)NC(C)c2ccc(F)cc2)S(=O)(=O)c2ccc(C)cc2)c1. The van der Waals surface area contributed by atoms with E-state index in [9.17, 15) is 17.6 Å². The van der Waals surface area contributed by atoms with Crippen LogP contribution in [-0.2, 0) is 14.8 Å². The highest BCUT2D eigenvalue weighted by molar-refractivity contribution is 7.92. The molecular weight excluding hydrogens is 431 g/mol. The van der Waals surface area contributed by atoms with Crippen molar-refractivity contribution in [2.75, 3.05) is 18.0 Å². The highest BCUT2D eigenvalue weighted by atomic mass is 32.2. The highest BCUT2D eigenvalue weighted by Gasteiger charge is 2.28. The van der Waals surface area contributed by atoms with Gasteiger partial charge in [0.05, 0.1) is 23.7 Å². The van der Waals surface area contributed by atoms with E-state index in [1.165, 1.54) is 31.4 Å². The number of nitrogens with zero attached hydrogens (tertiary/aromatic N) is 1. The summed E-state index contributed by atoms with van der Waals surface area (Å²) in [6, 6.07) is 18.3. The van der Waals surface area contributed by atoms with Gasteiger partial charge in [-0.2, -0.15) is 0 Å². The van der Waals surface area contributed by atoms with E-state index in [2.05, 4.69) is 5.32 Å². The number of benzene rings is 3. The molecule has 3 rings (SSSR count). The van der Waals surface area contributed by atoms with Gasteiger partial charge in [0.15, 0.2) is 0 Å². The van der Waals surface area contributed by atoms with Crippen LogP contribution in [0.2, 0.25) is 0 Å². The lowest BCUT2D eigenvalue weighted by molar-refractivity contribution is -0.120. The number of hydrogen-bond acceptors (Lipinski definition) is 4. The number of carbonyl (C=O) groups is 1. The van der Waals surface area contributed by atoms with Crippen LogP contribution in [-0.4, -0.2) is 28.0 Å². The molecule has 0 saturated carbocycles. The van der Waals surface area contributed by atoms with E-state index in [0.717, 1.165) is 9.87 Å². The van der Waals surface area contributed by atoms with Gasteiger partial charge < -0.3 is 10.1 Å². The first kappa shape index (κ1) is 23.3. The van der Waals surface area contributed by atoms with Crippen molar-refractivity contribution >= 4 is 21.6 Å². The molecule has 8 heteroatoms. The standard InChI is InChI=1S/C24H25FN2O4S/c1-17-7-13-23(14-8-17)32(29,30)27(21-5-4-6-22(15-21)31-3)16-24(28)26-18(2)19-9-11-20(25)12-10-19/h4-15,18H,16H2,1-3H3,(H,26,28). The van der Waals surface area contributed by atoms with Crippen LogP contribution in [0.25, 0.3) is 0 Å². The Kier molecular flexibility index (Phi) is 7.15. The molecule has 1 atom stereocenters. The van der Waals surface area contributed by atoms with Crippen molar-refractivity contribution in [3.05, 3.63) is 89.7 Å². The lowest BCUT2D eigenvalue weighted by atomic mass is 10.1. The van der Waals surface area contributed by atoms with E-state index in [4.69, 9.17) is 4.74 Å². The molecule has 0 heterocycles. The fourth-order valence-corrected chi connectivity index (χ4v) is 4.58. The van der Waals surface area contributed by atoms with E-state index >= 15 is 0 Å². The second kappa shape index (κ2) is 9.82. The number of aryl methyl sites for hydroxylation is 1. The first-order valence-electron chi connectivity index (χ1n) is 9.99. The van der Waals surface area contributed by atoms with Gasteiger partial charge in [-0.25, -0.2) is 12.8 Å². The maximum Gasteiger partial charge on any atom is 0.264 e. The number of amides is 1. The average Bonchev–Trinajstić information content (AvgIpc) is 2.78. The molecule has 0 aliphatic rings. The van der Waals surface area contributed by atoms with Crippen molar-refractivity contribution in [1.82, 2.24) is 5.32 Å². The van der Waals surface area contributed by atoms with E-state index in [-0.39, 0.29) is 10.7 Å². The third-order valence-corrected chi connectivity index (χ3v) is 6.77. The predicted octanol–water partition coefficient (Wildman–Crippen LogP) is 4.22. The number of hydrogen-bond donors (Lipinski definition) is 1. The van der Waals surface area contributed by atoms with Crippen LogP contribution in [0.1, 0.15) is 24.1 Å². The van der Waals surface area contributed by atoms with Crippen molar-refractivity contribution in [3.63, 3.8) is 0 Å². The Morgan fingerprint density at radius 2 is 1.72 bits per heavy atom. The highest BCUT2D eigenvalue weighted by Crippen LogP contribution is 2.27. The van der Waals surface area contributed by atoms with Crippen LogP contribution < -0.4 is 14.4 Å². The van der Waals surface area contributed by atoms with E-state index < -0.39 is 28.5 Å². The molecule has 0 fully saturated rings. The number of ether oxygens (including phenoxy) is 1. The average molecular weight is 457 g/mol. The zero-order valence-corrected chi connectivity index (χ0v) is 18.9. The fraction of sp³-hybridized carbons (Fsp3) is 0.208. The molecule has 0 radical (unpaired) electrons. The van der Waals surface area contributed by atoms with Gasteiger partial charge in [0.1, 0.15) is 18.1 Å². The lowest BCUT2D eigenvalue weighted by Gasteiger charge is -2.25. The first-order valence-corrected chi connectivity index (χ1v) is 11.4. The Morgan fingerprint density at radius 1 is 1.06 bits per heavy atom. The monoisotopic (exact) mass is 456 g/mol. The van der Waals surface area contributed by atoms with Gasteiger partial charge in [-0.05, 0) is 55.8 Å². The van der Waals surface area contributed by atoms with E-state index in [1.54, 1.807) is 55.5 Å². The van der Waals surface area contributed by atoms with Crippen LogP contribution in [0.15, 0.2) is 77.7 Å². The first-order chi connectivity index (χ1) is 15.2. The maximum absolute atomic E-state index is 13.4. The van der Waals surface area contributed by atoms with Crippen molar-refractivity contribution < 1.29 is 22.3 Å². The minimum absolute atomic E-state index is 0.0744. The van der Waals surface area contributed by atoms with Gasteiger partial charge in [0.2, 0.25) is 5.91 Å². The van der Waals surface area contributed by atoms with Gasteiger partial charge in [-0.3, -0.25) is 9.10 Å². The third-order valence-electron chi connectivity index (χ3n) is 4.98. The van der Waals surface area contributed by atoms with Crippen molar-refractivity contribution in [2.45, 2.75) is 24.8 Å². The second-order valence-electron chi connectivity index (χ2n) is 7.37. The Labute approximate surface area is 187 Å². The maximum atomic E-state index is 13.4. The molecule has 1 N–H and O–H groups in total. The second-order valence-corrected chi connectivity index (χ2v) is 9.23. The summed E-state index contributed by atoms with van der Waals surface area (Å²) in [5.74, 6) is -0.410. The van der Waals surface area contributed by atoms with Gasteiger partial charge in [0.25, 0.3) is 10.0 Å². The van der Waals surface area contributed by atoms with Crippen LogP contribution in [0.4, 0.5) is 10.1 Å². The largest absolute Gasteiger partial charge is 0.497 e. The molecule has 0 spiro atoms. The molecule has 0 bridgehead atoms. The smallest absolute Gasteiger partial charge is 0.264 e. The lowest BCUT2D eigenvalue weighted by Crippen LogP contribution is -2.41. The molecule has 3 aromatic rings. The number of halogens is 1. The summed E-state index contributed by atoms with van der Waals surface area (Å²) in [6.45, 7) is 3.17. The molecule has 0 aromatic heterocycles. The number of sulfonamides is 1. The number of nitrogens with one attached hydrogen (secondary N) is 1. The van der Waals surface area contributed by atoms with Crippen molar-refractivity contribution in [2.24, 2.45) is 0 Å². The van der Waals surface area contributed by atoms with Crippen LogP contribution in [0, 0.1) is 12.7 Å². The third kappa shape index (κ3) is 5.45. The summed E-state index contributed by atoms with van der Waals surface area (Å²) in [5.41, 5.74) is 1.92. The van der Waals surface area contributed by atoms with E-state index in [1.807, 2.05) is 6.92 Å². The summed E-state index contributed by atoms with van der Waals surface area (Å²) >= 11 is 0. The van der Waals surface area contributed by atoms with Crippen LogP contribution in [0.3, 0.4) is 0 Å². The summed E-state index contributed by atoms with van der Waals surface area (Å²) < 4.78 is 46.3. The zero-order valence-electron chi connectivity index (χ0n) is 18.1. The Hall–Kier alpha value is -3.39. The van der Waals surface area contributed by atoms with Gasteiger partial charge in [0, 0.05) is 6.07 Å². The van der Waals surface area contributed by atoms with Crippen LogP contribution >= 0.6 is 0 Å². The summed E-state index contributed by atoms with van der Waals surface area (Å²) in [7, 11) is -2.55. The quantitative estimate of drug-likeness (QED) is 0.551. The summed E-state index contributed by atoms with van der Waals surface area (Å²) in [6.07, 6.45) is 0. The summed E-state index contributed by atoms with van der Waals surface area (Å²) in [5, 5.41) is 2.78. The number of rotatable bonds is 8. The van der Waals surface area contributed by atoms with Gasteiger partial charge in [-0.15, -0.1) is 0 Å².